The zero-order chi connectivity index (χ0) is 25.5. The van der Waals surface area contributed by atoms with Gasteiger partial charge in [0.2, 0.25) is 0 Å². The number of ether oxygens (including phenoxy) is 1. The molecule has 0 radical (unpaired) electrons. The number of likely N-dealkylation sites (N-methyl/N-ethyl adjacent to an activating group) is 1. The molecule has 1 saturated heterocycles. The van der Waals surface area contributed by atoms with Gasteiger partial charge in [0, 0.05) is 56.5 Å². The predicted octanol–water partition coefficient (Wildman–Crippen LogP) is 4.76. The fourth-order valence-electron chi connectivity index (χ4n) is 4.73. The van der Waals surface area contributed by atoms with Crippen LogP contribution in [0.1, 0.15) is 35.0 Å². The Morgan fingerprint density at radius 3 is 2.42 bits per heavy atom. The van der Waals surface area contributed by atoms with Crippen molar-refractivity contribution in [3.05, 3.63) is 75.9 Å². The van der Waals surface area contributed by atoms with Crippen molar-refractivity contribution in [1.29, 1.82) is 0 Å². The van der Waals surface area contributed by atoms with Gasteiger partial charge in [0.1, 0.15) is 5.82 Å². The molecule has 4 rings (SSSR count). The maximum absolute atomic E-state index is 13.7. The molecule has 1 aliphatic rings. The molecule has 1 fully saturated rings. The van der Waals surface area contributed by atoms with Gasteiger partial charge in [0.05, 0.1) is 23.5 Å². The van der Waals surface area contributed by atoms with Crippen LogP contribution in [0.2, 0.25) is 0 Å². The summed E-state index contributed by atoms with van der Waals surface area (Å²) in [5.41, 5.74) is 3.74. The van der Waals surface area contributed by atoms with E-state index in [4.69, 9.17) is 9.84 Å². The number of aromatic nitrogens is 2. The molecule has 1 aliphatic heterocycles. The van der Waals surface area contributed by atoms with Gasteiger partial charge in [-0.15, -0.1) is 0 Å². The fraction of sp³-hybridized carbons (Fsp3) is 0.429. The summed E-state index contributed by atoms with van der Waals surface area (Å²) in [5, 5.41) is 4.98. The van der Waals surface area contributed by atoms with Gasteiger partial charge in [-0.2, -0.15) is 5.10 Å². The number of amides is 1. The average molecular weight is 555 g/mol. The molecular weight excluding hydrogens is 518 g/mol. The molecule has 0 atom stereocenters. The Labute approximate surface area is 222 Å². The first-order valence-corrected chi connectivity index (χ1v) is 13.5. The van der Waals surface area contributed by atoms with Crippen LogP contribution in [0.15, 0.2) is 59.1 Å². The Bertz CT molecular complexity index is 1140. The summed E-state index contributed by atoms with van der Waals surface area (Å²) >= 11 is 3.57. The molecule has 3 aromatic rings. The van der Waals surface area contributed by atoms with Gasteiger partial charge in [0.25, 0.3) is 5.91 Å². The van der Waals surface area contributed by atoms with Crippen LogP contribution in [0.25, 0.3) is 5.69 Å². The van der Waals surface area contributed by atoms with E-state index in [-0.39, 0.29) is 5.91 Å². The zero-order valence-corrected chi connectivity index (χ0v) is 23.1. The smallest absolute Gasteiger partial charge is 0.255 e. The van der Waals surface area contributed by atoms with Crippen LogP contribution in [0.4, 0.5) is 5.82 Å². The lowest BCUT2D eigenvalue weighted by atomic mass is 10.1. The van der Waals surface area contributed by atoms with Crippen molar-refractivity contribution in [2.45, 2.75) is 26.8 Å². The third kappa shape index (κ3) is 5.99. The Kier molecular flexibility index (Phi) is 9.18. The summed E-state index contributed by atoms with van der Waals surface area (Å²) in [7, 11) is 1.70. The van der Waals surface area contributed by atoms with Crippen molar-refractivity contribution >= 4 is 27.7 Å². The van der Waals surface area contributed by atoms with E-state index < -0.39 is 0 Å². The minimum absolute atomic E-state index is 0.00666. The number of methoxy groups -OCH3 is 1. The number of carbonyl (C=O) groups is 1. The van der Waals surface area contributed by atoms with Gasteiger partial charge in [-0.3, -0.25) is 4.79 Å². The summed E-state index contributed by atoms with van der Waals surface area (Å²) < 4.78 is 8.16. The Morgan fingerprint density at radius 2 is 1.75 bits per heavy atom. The highest BCUT2D eigenvalue weighted by molar-refractivity contribution is 9.10. The highest BCUT2D eigenvalue weighted by Gasteiger charge is 2.28. The number of para-hydroxylation sites is 1. The Hall–Kier alpha value is -2.68. The monoisotopic (exact) mass is 553 g/mol. The number of nitrogens with zero attached hydrogens (tertiary/aromatic N) is 5. The summed E-state index contributed by atoms with van der Waals surface area (Å²) in [5.74, 6) is 1.10. The summed E-state index contributed by atoms with van der Waals surface area (Å²) in [6.45, 7) is 10.9. The van der Waals surface area contributed by atoms with Crippen LogP contribution in [0.3, 0.4) is 0 Å². The molecular formula is C28H36BrN5O2. The van der Waals surface area contributed by atoms with E-state index >= 15 is 0 Å². The van der Waals surface area contributed by atoms with E-state index in [1.54, 1.807) is 7.11 Å². The zero-order valence-electron chi connectivity index (χ0n) is 21.5. The molecule has 2 heterocycles. The van der Waals surface area contributed by atoms with Crippen molar-refractivity contribution < 1.29 is 9.53 Å². The predicted molar refractivity (Wildman–Crippen MR) is 148 cm³/mol. The summed E-state index contributed by atoms with van der Waals surface area (Å²) in [4.78, 5) is 20.6. The van der Waals surface area contributed by atoms with Crippen LogP contribution in [-0.2, 0) is 11.3 Å². The van der Waals surface area contributed by atoms with Crippen molar-refractivity contribution in [1.82, 2.24) is 19.6 Å². The quantitative estimate of drug-likeness (QED) is 0.339. The van der Waals surface area contributed by atoms with Gasteiger partial charge in [-0.1, -0.05) is 37.3 Å². The number of anilines is 1. The van der Waals surface area contributed by atoms with Crippen LogP contribution in [0.5, 0.6) is 0 Å². The molecule has 8 heteroatoms. The van der Waals surface area contributed by atoms with Crippen molar-refractivity contribution in [2.75, 3.05) is 57.9 Å². The number of hydrogen-bond donors (Lipinski definition) is 0. The SMILES string of the molecule is CCN1CCN(c2c(CN(CCCOC)C(=O)c3ccccc3Br)c(C)nn2-c2ccccc2)CC1. The van der Waals surface area contributed by atoms with Gasteiger partial charge in [-0.25, -0.2) is 4.68 Å². The fourth-order valence-corrected chi connectivity index (χ4v) is 5.18. The highest BCUT2D eigenvalue weighted by atomic mass is 79.9. The molecule has 0 aliphatic carbocycles. The van der Waals surface area contributed by atoms with Gasteiger partial charge >= 0.3 is 0 Å². The van der Waals surface area contributed by atoms with Gasteiger partial charge in [0.15, 0.2) is 0 Å². The molecule has 0 saturated carbocycles. The molecule has 36 heavy (non-hydrogen) atoms. The van der Waals surface area contributed by atoms with Crippen molar-refractivity contribution in [3.63, 3.8) is 0 Å². The van der Waals surface area contributed by atoms with Gasteiger partial charge < -0.3 is 19.4 Å². The van der Waals surface area contributed by atoms with E-state index in [2.05, 4.69) is 56.4 Å². The number of carbonyl (C=O) groups excluding carboxylic acids is 1. The minimum Gasteiger partial charge on any atom is -0.385 e. The maximum Gasteiger partial charge on any atom is 0.255 e. The lowest BCUT2D eigenvalue weighted by molar-refractivity contribution is 0.0722. The first kappa shape index (κ1) is 26.4. The third-order valence-electron chi connectivity index (χ3n) is 6.79. The average Bonchev–Trinajstić information content (AvgIpc) is 3.24. The Morgan fingerprint density at radius 1 is 1.06 bits per heavy atom. The second kappa shape index (κ2) is 12.5. The summed E-state index contributed by atoms with van der Waals surface area (Å²) in [6.07, 6.45) is 0.767. The normalized spacial score (nSPS) is 14.3. The number of hydrogen-bond acceptors (Lipinski definition) is 5. The number of piperazine rings is 1. The van der Waals surface area contributed by atoms with E-state index in [0.717, 1.165) is 66.4 Å². The Balaban J connectivity index is 1.72. The van der Waals surface area contributed by atoms with E-state index in [1.807, 2.05) is 47.4 Å². The molecule has 1 aromatic heterocycles. The molecule has 2 aromatic carbocycles. The molecule has 1 amide bonds. The van der Waals surface area contributed by atoms with Crippen molar-refractivity contribution in [2.24, 2.45) is 0 Å². The molecule has 0 unspecified atom stereocenters. The first-order valence-electron chi connectivity index (χ1n) is 12.7. The van der Waals surface area contributed by atoms with Gasteiger partial charge in [-0.05, 0) is 60.1 Å². The second-order valence-corrected chi connectivity index (χ2v) is 9.96. The lowest BCUT2D eigenvalue weighted by Gasteiger charge is -2.36. The lowest BCUT2D eigenvalue weighted by Crippen LogP contribution is -2.47. The molecule has 0 spiro atoms. The molecule has 192 valence electrons. The van der Waals surface area contributed by atoms with Crippen LogP contribution in [-0.4, -0.2) is 78.5 Å². The standard InChI is InChI=1S/C28H36BrN5O2/c1-4-31-16-18-32(19-17-31)27-25(22(2)30-34(27)23-11-6-5-7-12-23)21-33(15-10-20-36-3)28(35)24-13-8-9-14-26(24)29/h5-9,11-14H,4,10,15-21H2,1-3H3. The minimum atomic E-state index is 0.00666. The van der Waals surface area contributed by atoms with Crippen molar-refractivity contribution in [3.8, 4) is 5.69 Å². The topological polar surface area (TPSA) is 53.8 Å². The number of rotatable bonds is 10. The van der Waals surface area contributed by atoms with E-state index in [1.165, 1.54) is 0 Å². The molecule has 0 bridgehead atoms. The molecule has 0 N–H and O–H groups in total. The second-order valence-electron chi connectivity index (χ2n) is 9.11. The number of halogens is 1. The summed E-state index contributed by atoms with van der Waals surface area (Å²) in [6, 6.07) is 17.9. The van der Waals surface area contributed by atoms with E-state index in [0.29, 0.717) is 25.3 Å². The first-order chi connectivity index (χ1) is 17.5. The number of benzene rings is 2. The third-order valence-corrected chi connectivity index (χ3v) is 7.49. The van der Waals surface area contributed by atoms with Crippen LogP contribution < -0.4 is 4.90 Å². The van der Waals surface area contributed by atoms with Crippen LogP contribution in [0, 0.1) is 6.92 Å². The maximum atomic E-state index is 13.7. The van der Waals surface area contributed by atoms with Crippen LogP contribution >= 0.6 is 15.9 Å². The molecule has 7 nitrogen and oxygen atoms in total. The largest absolute Gasteiger partial charge is 0.385 e. The highest BCUT2D eigenvalue weighted by Crippen LogP contribution is 2.30. The number of aryl methyl sites for hydroxylation is 1. The van der Waals surface area contributed by atoms with E-state index in [9.17, 15) is 4.79 Å².